The number of aromatic nitrogens is 4. The molecule has 0 aliphatic heterocycles. The monoisotopic (exact) mass is 399 g/mol. The summed E-state index contributed by atoms with van der Waals surface area (Å²) < 4.78 is 17.1. The summed E-state index contributed by atoms with van der Waals surface area (Å²) in [5, 5.41) is 13.0. The molecule has 28 heavy (non-hydrogen) atoms. The third-order valence-electron chi connectivity index (χ3n) is 4.43. The lowest BCUT2D eigenvalue weighted by Gasteiger charge is -2.08. The van der Waals surface area contributed by atoms with E-state index in [9.17, 15) is 14.0 Å². The van der Waals surface area contributed by atoms with Crippen molar-refractivity contribution in [3.05, 3.63) is 57.7 Å². The zero-order chi connectivity index (χ0) is 19.7. The van der Waals surface area contributed by atoms with Crippen LogP contribution in [0.4, 0.5) is 10.1 Å². The largest absolute Gasteiger partial charge is 0.326 e. The zero-order valence-corrected chi connectivity index (χ0v) is 16.0. The van der Waals surface area contributed by atoms with Crippen LogP contribution in [0.3, 0.4) is 0 Å². The van der Waals surface area contributed by atoms with E-state index in [1.165, 1.54) is 35.6 Å². The molecule has 0 saturated carbocycles. The predicted octanol–water partition coefficient (Wildman–Crippen LogP) is 3.23. The molecular weight excluding hydrogens is 381 g/mol. The van der Waals surface area contributed by atoms with Crippen molar-refractivity contribution in [3.8, 4) is 0 Å². The number of amides is 1. The molecule has 0 unspecified atom stereocenters. The minimum atomic E-state index is -0.356. The molecule has 144 valence electrons. The van der Waals surface area contributed by atoms with Crippen molar-refractivity contribution < 1.29 is 9.18 Å². The Balaban J connectivity index is 1.61. The van der Waals surface area contributed by atoms with Crippen LogP contribution in [-0.2, 0) is 17.8 Å². The molecule has 0 radical (unpaired) electrons. The van der Waals surface area contributed by atoms with Crippen molar-refractivity contribution in [2.45, 2.75) is 32.7 Å². The van der Waals surface area contributed by atoms with Crippen molar-refractivity contribution in [3.63, 3.8) is 0 Å². The lowest BCUT2D eigenvalue weighted by Crippen LogP contribution is -2.22. The maximum atomic E-state index is 13.0. The van der Waals surface area contributed by atoms with Crippen LogP contribution in [0.15, 0.2) is 40.5 Å². The molecule has 0 aliphatic carbocycles. The molecule has 0 bridgehead atoms. The molecule has 3 aromatic heterocycles. The number of carbonyl (C=O) groups is 1. The molecule has 4 aromatic rings. The number of anilines is 1. The summed E-state index contributed by atoms with van der Waals surface area (Å²) in [7, 11) is 0. The van der Waals surface area contributed by atoms with E-state index in [1.807, 2.05) is 22.8 Å². The number of nitrogens with one attached hydrogen (secondary N) is 1. The molecule has 1 amide bonds. The van der Waals surface area contributed by atoms with Gasteiger partial charge in [0.05, 0.1) is 5.52 Å². The number of thiophene rings is 1. The number of carbonyl (C=O) groups excluding carboxylic acids is 1. The van der Waals surface area contributed by atoms with E-state index in [0.29, 0.717) is 35.0 Å². The van der Waals surface area contributed by atoms with Crippen molar-refractivity contribution in [1.82, 2.24) is 19.2 Å². The lowest BCUT2D eigenvalue weighted by atomic mass is 10.2. The maximum absolute atomic E-state index is 13.0. The summed E-state index contributed by atoms with van der Waals surface area (Å²) in [6, 6.07) is 7.48. The number of benzene rings is 1. The van der Waals surface area contributed by atoms with Gasteiger partial charge in [-0.2, -0.15) is 0 Å². The maximum Gasteiger partial charge on any atom is 0.272 e. The zero-order valence-electron chi connectivity index (χ0n) is 15.2. The first-order valence-corrected chi connectivity index (χ1v) is 9.86. The molecule has 9 heteroatoms. The van der Waals surface area contributed by atoms with Crippen molar-refractivity contribution in [2.75, 3.05) is 5.32 Å². The fraction of sp³-hybridized carbons (Fsp3) is 0.263. The van der Waals surface area contributed by atoms with Crippen molar-refractivity contribution in [1.29, 1.82) is 0 Å². The topological polar surface area (TPSA) is 81.3 Å². The molecule has 0 aliphatic rings. The van der Waals surface area contributed by atoms with Crippen LogP contribution in [0.25, 0.3) is 16.0 Å². The smallest absolute Gasteiger partial charge is 0.272 e. The Bertz CT molecular complexity index is 1210. The molecule has 3 heterocycles. The van der Waals surface area contributed by atoms with Gasteiger partial charge in [-0.1, -0.05) is 6.92 Å². The van der Waals surface area contributed by atoms with Gasteiger partial charge in [0.25, 0.3) is 5.56 Å². The number of hydrogen-bond donors (Lipinski definition) is 1. The Morgan fingerprint density at radius 3 is 2.75 bits per heavy atom. The second-order valence-corrected chi connectivity index (χ2v) is 7.31. The number of aryl methyl sites for hydroxylation is 2. The quantitative estimate of drug-likeness (QED) is 0.540. The van der Waals surface area contributed by atoms with Gasteiger partial charge in [-0.3, -0.25) is 18.6 Å². The average molecular weight is 399 g/mol. The Morgan fingerprint density at radius 2 is 2.00 bits per heavy atom. The Labute approximate surface area is 163 Å². The molecule has 0 saturated heterocycles. The minimum Gasteiger partial charge on any atom is -0.326 e. The van der Waals surface area contributed by atoms with Crippen molar-refractivity contribution in [2.24, 2.45) is 0 Å². The van der Waals surface area contributed by atoms with E-state index >= 15 is 0 Å². The molecule has 0 spiro atoms. The first kappa shape index (κ1) is 18.3. The fourth-order valence-electron chi connectivity index (χ4n) is 3.15. The third-order valence-corrected chi connectivity index (χ3v) is 5.32. The molecule has 1 aromatic carbocycles. The van der Waals surface area contributed by atoms with Gasteiger partial charge in [-0.25, -0.2) is 4.39 Å². The average Bonchev–Trinajstić information content (AvgIpc) is 3.32. The molecular formula is C19H18FN5O2S. The molecule has 0 fully saturated rings. The van der Waals surface area contributed by atoms with Crippen LogP contribution in [0.1, 0.15) is 25.6 Å². The second kappa shape index (κ2) is 7.51. The lowest BCUT2D eigenvalue weighted by molar-refractivity contribution is -0.116. The highest BCUT2D eigenvalue weighted by atomic mass is 32.1. The van der Waals surface area contributed by atoms with Gasteiger partial charge in [0.2, 0.25) is 11.7 Å². The van der Waals surface area contributed by atoms with E-state index < -0.39 is 0 Å². The fourth-order valence-corrected chi connectivity index (χ4v) is 3.97. The van der Waals surface area contributed by atoms with Crippen LogP contribution in [0, 0.1) is 5.82 Å². The van der Waals surface area contributed by atoms with Gasteiger partial charge >= 0.3 is 0 Å². The molecule has 0 atom stereocenters. The van der Waals surface area contributed by atoms with E-state index in [4.69, 9.17) is 0 Å². The highest BCUT2D eigenvalue weighted by molar-refractivity contribution is 7.17. The Kier molecular flexibility index (Phi) is 4.91. The normalized spacial score (nSPS) is 11.4. The molecule has 1 N–H and O–H groups in total. The van der Waals surface area contributed by atoms with Gasteiger partial charge in [-0.05, 0) is 42.1 Å². The summed E-state index contributed by atoms with van der Waals surface area (Å²) in [6.07, 6.45) is 1.36. The second-order valence-electron chi connectivity index (χ2n) is 6.40. The Hall–Kier alpha value is -3.07. The van der Waals surface area contributed by atoms with Crippen LogP contribution >= 0.6 is 11.3 Å². The third kappa shape index (κ3) is 3.29. The number of rotatable bonds is 6. The number of hydrogen-bond acceptors (Lipinski definition) is 5. The van der Waals surface area contributed by atoms with E-state index in [2.05, 4.69) is 15.5 Å². The minimum absolute atomic E-state index is 0.0626. The van der Waals surface area contributed by atoms with Gasteiger partial charge in [0.1, 0.15) is 16.3 Å². The first-order valence-electron chi connectivity index (χ1n) is 8.98. The van der Waals surface area contributed by atoms with Crippen LogP contribution in [0.5, 0.6) is 0 Å². The molecule has 7 nitrogen and oxygen atoms in total. The summed E-state index contributed by atoms with van der Waals surface area (Å²) in [5.41, 5.74) is 1.23. The predicted molar refractivity (Wildman–Crippen MR) is 106 cm³/mol. The summed E-state index contributed by atoms with van der Waals surface area (Å²) in [4.78, 5) is 24.9. The van der Waals surface area contributed by atoms with Crippen molar-refractivity contribution >= 4 is 38.9 Å². The Morgan fingerprint density at radius 1 is 1.21 bits per heavy atom. The van der Waals surface area contributed by atoms with Crippen LogP contribution in [0.2, 0.25) is 0 Å². The van der Waals surface area contributed by atoms with Gasteiger partial charge < -0.3 is 5.32 Å². The van der Waals surface area contributed by atoms with Gasteiger partial charge in [0.15, 0.2) is 0 Å². The SMILES string of the molecule is CCCn1c(=O)c2sccc2n2c(CCC(=O)Nc3ccc(F)cc3)nnc12. The van der Waals surface area contributed by atoms with Crippen LogP contribution in [-0.4, -0.2) is 25.1 Å². The standard InChI is InChI=1S/C19H18FN5O2S/c1-2-10-24-18(27)17-14(9-11-28-17)25-15(22-23-19(24)25)7-8-16(26)21-13-5-3-12(20)4-6-13/h3-6,9,11H,2,7-8,10H2,1H3,(H,21,26). The highest BCUT2D eigenvalue weighted by Gasteiger charge is 2.17. The number of halogens is 1. The van der Waals surface area contributed by atoms with E-state index in [1.54, 1.807) is 4.57 Å². The summed E-state index contributed by atoms with van der Waals surface area (Å²) in [6.45, 7) is 2.55. The van der Waals surface area contributed by atoms with Crippen LogP contribution < -0.4 is 10.9 Å². The highest BCUT2D eigenvalue weighted by Crippen LogP contribution is 2.20. The van der Waals surface area contributed by atoms with Gasteiger partial charge in [-0.15, -0.1) is 21.5 Å². The van der Waals surface area contributed by atoms with E-state index in [0.717, 1.165) is 11.9 Å². The summed E-state index contributed by atoms with van der Waals surface area (Å²) in [5.74, 6) is 0.557. The van der Waals surface area contributed by atoms with Gasteiger partial charge in [0, 0.05) is 25.1 Å². The first-order chi connectivity index (χ1) is 13.6. The van der Waals surface area contributed by atoms with E-state index in [-0.39, 0.29) is 23.7 Å². The number of fused-ring (bicyclic) bond motifs is 3. The summed E-state index contributed by atoms with van der Waals surface area (Å²) >= 11 is 1.39. The number of nitrogens with zero attached hydrogens (tertiary/aromatic N) is 4. The molecule has 4 rings (SSSR count).